The predicted octanol–water partition coefficient (Wildman–Crippen LogP) is 3.22. The second kappa shape index (κ2) is 8.13. The monoisotopic (exact) mass is 384 g/mol. The van der Waals surface area contributed by atoms with E-state index in [9.17, 15) is 0 Å². The van der Waals surface area contributed by atoms with Crippen LogP contribution in [0.1, 0.15) is 36.2 Å². The number of nitrogens with zero attached hydrogens (tertiary/aromatic N) is 3. The molecule has 1 unspecified atom stereocenters. The van der Waals surface area contributed by atoms with Gasteiger partial charge in [0.05, 0.1) is 26.2 Å². The lowest BCUT2D eigenvalue weighted by atomic mass is 9.79. The number of nitrogens with one attached hydrogen (secondary N) is 1. The van der Waals surface area contributed by atoms with Crippen molar-refractivity contribution in [3.8, 4) is 11.5 Å². The largest absolute Gasteiger partial charge is 0.493 e. The molecule has 1 spiro atoms. The fourth-order valence-electron chi connectivity index (χ4n) is 5.02. The van der Waals surface area contributed by atoms with Gasteiger partial charge in [0, 0.05) is 37.4 Å². The van der Waals surface area contributed by atoms with Crippen LogP contribution in [0.3, 0.4) is 0 Å². The van der Waals surface area contributed by atoms with Crippen molar-refractivity contribution >= 4 is 0 Å². The summed E-state index contributed by atoms with van der Waals surface area (Å²) in [5, 5.41) is 0. The number of aryl methyl sites for hydroxylation is 1. The zero-order valence-corrected chi connectivity index (χ0v) is 17.3. The van der Waals surface area contributed by atoms with Gasteiger partial charge in [-0.2, -0.15) is 0 Å². The molecule has 1 aromatic heterocycles. The summed E-state index contributed by atoms with van der Waals surface area (Å²) in [6, 6.07) is 6.18. The first-order valence-corrected chi connectivity index (χ1v) is 10.3. The van der Waals surface area contributed by atoms with Gasteiger partial charge >= 0.3 is 0 Å². The topological polar surface area (TPSA) is 53.6 Å². The molecule has 1 N–H and O–H groups in total. The van der Waals surface area contributed by atoms with Crippen molar-refractivity contribution in [2.75, 3.05) is 40.4 Å². The summed E-state index contributed by atoms with van der Waals surface area (Å²) in [6.45, 7) is 8.64. The molecule has 0 radical (unpaired) electrons. The summed E-state index contributed by atoms with van der Waals surface area (Å²) in [5.41, 5.74) is 4.00. The molecule has 4 rings (SSSR count). The number of para-hydroxylation sites is 1. The molecule has 1 aromatic carbocycles. The standard InChI is InChI=1S/C22H32N4O2/c1-17-19(24-16-23-17)13-26-11-9-22(15-26)8-5-10-25(14-22)12-18-6-4-7-20(27-2)21(18)28-3/h4,6-7,16H,5,8-15H2,1-3H3,(H,23,24). The molecule has 0 amide bonds. The number of piperidine rings is 1. The number of aromatic nitrogens is 2. The van der Waals surface area contributed by atoms with E-state index in [4.69, 9.17) is 9.47 Å². The zero-order chi connectivity index (χ0) is 19.6. The molecule has 0 bridgehead atoms. The smallest absolute Gasteiger partial charge is 0.165 e. The molecule has 6 heteroatoms. The molecular weight excluding hydrogens is 352 g/mol. The first kappa shape index (κ1) is 19.3. The highest BCUT2D eigenvalue weighted by molar-refractivity contribution is 5.46. The minimum atomic E-state index is 0.411. The summed E-state index contributed by atoms with van der Waals surface area (Å²) in [5.74, 6) is 1.68. The number of ether oxygens (including phenoxy) is 2. The number of methoxy groups -OCH3 is 2. The quantitative estimate of drug-likeness (QED) is 0.829. The summed E-state index contributed by atoms with van der Waals surface area (Å²) >= 11 is 0. The van der Waals surface area contributed by atoms with Crippen LogP contribution < -0.4 is 9.47 Å². The Morgan fingerprint density at radius 2 is 1.89 bits per heavy atom. The van der Waals surface area contributed by atoms with Gasteiger partial charge in [-0.25, -0.2) is 4.98 Å². The van der Waals surface area contributed by atoms with Crippen molar-refractivity contribution in [2.24, 2.45) is 5.41 Å². The first-order valence-electron chi connectivity index (χ1n) is 10.3. The number of rotatable bonds is 6. The van der Waals surface area contributed by atoms with E-state index in [-0.39, 0.29) is 0 Å². The van der Waals surface area contributed by atoms with Crippen LogP contribution in [0.4, 0.5) is 0 Å². The van der Waals surface area contributed by atoms with Crippen LogP contribution in [0.5, 0.6) is 11.5 Å². The van der Waals surface area contributed by atoms with Gasteiger partial charge in [-0.1, -0.05) is 12.1 Å². The molecule has 2 saturated heterocycles. The third-order valence-electron chi connectivity index (χ3n) is 6.44. The van der Waals surface area contributed by atoms with Gasteiger partial charge in [0.2, 0.25) is 0 Å². The summed E-state index contributed by atoms with van der Waals surface area (Å²) in [6.07, 6.45) is 5.68. The lowest BCUT2D eigenvalue weighted by Crippen LogP contribution is -2.44. The first-order chi connectivity index (χ1) is 13.6. The van der Waals surface area contributed by atoms with Crippen molar-refractivity contribution < 1.29 is 9.47 Å². The zero-order valence-electron chi connectivity index (χ0n) is 17.3. The Hall–Kier alpha value is -2.05. The van der Waals surface area contributed by atoms with E-state index >= 15 is 0 Å². The van der Waals surface area contributed by atoms with E-state index in [1.165, 1.54) is 49.3 Å². The Morgan fingerprint density at radius 1 is 1.07 bits per heavy atom. The molecule has 0 saturated carbocycles. The molecule has 28 heavy (non-hydrogen) atoms. The number of hydrogen-bond acceptors (Lipinski definition) is 5. The lowest BCUT2D eigenvalue weighted by molar-refractivity contribution is 0.0858. The molecule has 1 atom stereocenters. The Morgan fingerprint density at radius 3 is 2.61 bits per heavy atom. The molecule has 3 heterocycles. The van der Waals surface area contributed by atoms with Crippen LogP contribution in [0, 0.1) is 12.3 Å². The highest BCUT2D eigenvalue weighted by atomic mass is 16.5. The maximum atomic E-state index is 5.64. The second-order valence-corrected chi connectivity index (χ2v) is 8.40. The Kier molecular flexibility index (Phi) is 5.60. The van der Waals surface area contributed by atoms with Crippen LogP contribution in [-0.2, 0) is 13.1 Å². The number of benzene rings is 1. The number of aromatic amines is 1. The van der Waals surface area contributed by atoms with Crippen LogP contribution in [0.25, 0.3) is 0 Å². The number of imidazole rings is 1. The minimum absolute atomic E-state index is 0.411. The fourth-order valence-corrected chi connectivity index (χ4v) is 5.02. The van der Waals surface area contributed by atoms with Gasteiger partial charge in [0.25, 0.3) is 0 Å². The summed E-state index contributed by atoms with van der Waals surface area (Å²) < 4.78 is 11.1. The van der Waals surface area contributed by atoms with Crippen molar-refractivity contribution in [3.63, 3.8) is 0 Å². The van der Waals surface area contributed by atoms with Gasteiger partial charge in [-0.15, -0.1) is 0 Å². The molecule has 6 nitrogen and oxygen atoms in total. The predicted molar refractivity (Wildman–Crippen MR) is 110 cm³/mol. The van der Waals surface area contributed by atoms with Crippen LogP contribution in [0.2, 0.25) is 0 Å². The van der Waals surface area contributed by atoms with Crippen LogP contribution in [0.15, 0.2) is 24.5 Å². The van der Waals surface area contributed by atoms with Gasteiger partial charge in [0.15, 0.2) is 11.5 Å². The van der Waals surface area contributed by atoms with Gasteiger partial charge in [-0.3, -0.25) is 9.80 Å². The normalized spacial score (nSPS) is 23.4. The molecule has 2 fully saturated rings. The van der Waals surface area contributed by atoms with Crippen LogP contribution >= 0.6 is 0 Å². The highest BCUT2D eigenvalue weighted by Gasteiger charge is 2.41. The number of hydrogen-bond donors (Lipinski definition) is 1. The lowest BCUT2D eigenvalue weighted by Gasteiger charge is -2.40. The maximum Gasteiger partial charge on any atom is 0.165 e. The van der Waals surface area contributed by atoms with E-state index in [0.29, 0.717) is 5.41 Å². The van der Waals surface area contributed by atoms with Gasteiger partial charge in [0.1, 0.15) is 0 Å². The molecule has 2 aliphatic heterocycles. The molecule has 2 aromatic rings. The highest BCUT2D eigenvalue weighted by Crippen LogP contribution is 2.40. The van der Waals surface area contributed by atoms with E-state index in [0.717, 1.165) is 37.7 Å². The average Bonchev–Trinajstić information content (AvgIpc) is 3.28. The third-order valence-corrected chi connectivity index (χ3v) is 6.44. The second-order valence-electron chi connectivity index (χ2n) is 8.40. The van der Waals surface area contributed by atoms with Crippen molar-refractivity contribution in [1.29, 1.82) is 0 Å². The maximum absolute atomic E-state index is 5.64. The van der Waals surface area contributed by atoms with Crippen molar-refractivity contribution in [3.05, 3.63) is 41.5 Å². The molecule has 152 valence electrons. The SMILES string of the molecule is COc1cccc(CN2CCCC3(CCN(Cc4nc[nH]c4C)C3)C2)c1OC. The molecule has 2 aliphatic rings. The molecular formula is C22H32N4O2. The molecule has 0 aliphatic carbocycles. The van der Waals surface area contributed by atoms with E-state index < -0.39 is 0 Å². The van der Waals surface area contributed by atoms with E-state index in [2.05, 4.69) is 38.8 Å². The Labute approximate surface area is 167 Å². The average molecular weight is 385 g/mol. The fraction of sp³-hybridized carbons (Fsp3) is 0.591. The van der Waals surface area contributed by atoms with Crippen LogP contribution in [-0.4, -0.2) is 60.2 Å². The Bertz CT molecular complexity index is 806. The summed E-state index contributed by atoms with van der Waals surface area (Å²) in [7, 11) is 3.43. The van der Waals surface area contributed by atoms with E-state index in [1.807, 2.05) is 6.07 Å². The minimum Gasteiger partial charge on any atom is -0.493 e. The third kappa shape index (κ3) is 3.89. The van der Waals surface area contributed by atoms with Gasteiger partial charge < -0.3 is 14.5 Å². The van der Waals surface area contributed by atoms with Crippen molar-refractivity contribution in [1.82, 2.24) is 19.8 Å². The van der Waals surface area contributed by atoms with E-state index in [1.54, 1.807) is 20.5 Å². The number of H-pyrrole nitrogens is 1. The number of likely N-dealkylation sites (tertiary alicyclic amines) is 2. The Balaban J connectivity index is 1.42. The van der Waals surface area contributed by atoms with Crippen molar-refractivity contribution in [2.45, 2.75) is 39.3 Å². The summed E-state index contributed by atoms with van der Waals surface area (Å²) in [4.78, 5) is 12.9. The van der Waals surface area contributed by atoms with Gasteiger partial charge in [-0.05, 0) is 50.8 Å².